The molecule has 0 aliphatic heterocycles. The Morgan fingerprint density at radius 1 is 0.957 bits per heavy atom. The first-order valence-corrected chi connectivity index (χ1v) is 7.84. The molecule has 1 fully saturated rings. The number of primary amides is 1. The average molecular weight is 308 g/mol. The molecule has 2 aromatic carbocycles. The molecule has 2 aromatic rings. The van der Waals surface area contributed by atoms with Crippen molar-refractivity contribution < 1.29 is 9.59 Å². The summed E-state index contributed by atoms with van der Waals surface area (Å²) in [5.74, 6) is -0.255. The van der Waals surface area contributed by atoms with Crippen LogP contribution in [0.4, 0.5) is 0 Å². The Morgan fingerprint density at radius 3 is 2.09 bits per heavy atom. The molecule has 3 rings (SSSR count). The molecule has 0 spiro atoms. The van der Waals surface area contributed by atoms with E-state index in [2.05, 4.69) is 17.4 Å². The summed E-state index contributed by atoms with van der Waals surface area (Å²) in [6, 6.07) is 18.5. The second kappa shape index (κ2) is 6.65. The van der Waals surface area contributed by atoms with Crippen molar-refractivity contribution in [2.24, 2.45) is 11.7 Å². The Kier molecular flexibility index (Phi) is 4.42. The SMILES string of the molecule is NC(=O)[C@H](NC(=O)C1CC(c2ccccc2)C1)c1ccccc1. The molecule has 0 saturated heterocycles. The van der Waals surface area contributed by atoms with Crippen LogP contribution in [0, 0.1) is 5.92 Å². The van der Waals surface area contributed by atoms with E-state index < -0.39 is 11.9 Å². The summed E-state index contributed by atoms with van der Waals surface area (Å²) < 4.78 is 0. The van der Waals surface area contributed by atoms with Gasteiger partial charge in [-0.15, -0.1) is 0 Å². The number of benzene rings is 2. The van der Waals surface area contributed by atoms with Gasteiger partial charge in [0.1, 0.15) is 6.04 Å². The van der Waals surface area contributed by atoms with E-state index in [1.54, 1.807) is 12.1 Å². The fourth-order valence-electron chi connectivity index (χ4n) is 3.05. The summed E-state index contributed by atoms with van der Waals surface area (Å²) in [6.45, 7) is 0. The molecule has 3 N–H and O–H groups in total. The van der Waals surface area contributed by atoms with Gasteiger partial charge in [-0.1, -0.05) is 60.7 Å². The average Bonchev–Trinajstić information content (AvgIpc) is 2.53. The zero-order valence-electron chi connectivity index (χ0n) is 12.8. The summed E-state index contributed by atoms with van der Waals surface area (Å²) in [4.78, 5) is 24.0. The molecule has 0 bridgehead atoms. The maximum absolute atomic E-state index is 12.4. The number of rotatable bonds is 5. The molecule has 2 amide bonds. The largest absolute Gasteiger partial charge is 0.368 e. The Hall–Kier alpha value is -2.62. The third-order valence-electron chi connectivity index (χ3n) is 4.48. The molecular formula is C19H20N2O2. The van der Waals surface area contributed by atoms with Gasteiger partial charge in [-0.2, -0.15) is 0 Å². The highest BCUT2D eigenvalue weighted by Crippen LogP contribution is 2.41. The lowest BCUT2D eigenvalue weighted by molar-refractivity contribution is -0.132. The standard InChI is InChI=1S/C19H20N2O2/c20-18(22)17(14-9-5-2-6-10-14)21-19(23)16-11-15(12-16)13-7-3-1-4-8-13/h1-10,15-17H,11-12H2,(H2,20,22)(H,21,23)/t15?,16?,17-/m1/s1. The van der Waals surface area contributed by atoms with Gasteiger partial charge in [0.2, 0.25) is 11.8 Å². The van der Waals surface area contributed by atoms with E-state index in [9.17, 15) is 9.59 Å². The van der Waals surface area contributed by atoms with Crippen molar-refractivity contribution in [3.63, 3.8) is 0 Å². The quantitative estimate of drug-likeness (QED) is 0.891. The molecule has 1 atom stereocenters. The molecule has 0 aromatic heterocycles. The highest BCUT2D eigenvalue weighted by molar-refractivity contribution is 5.89. The molecule has 4 heteroatoms. The Labute approximate surface area is 135 Å². The van der Waals surface area contributed by atoms with Crippen molar-refractivity contribution in [1.29, 1.82) is 0 Å². The van der Waals surface area contributed by atoms with Gasteiger partial charge in [-0.05, 0) is 29.9 Å². The molecule has 1 aliphatic carbocycles. The van der Waals surface area contributed by atoms with Gasteiger partial charge in [0, 0.05) is 5.92 Å². The smallest absolute Gasteiger partial charge is 0.244 e. The molecule has 0 heterocycles. The van der Waals surface area contributed by atoms with Gasteiger partial charge in [-0.25, -0.2) is 0 Å². The van der Waals surface area contributed by atoms with Crippen LogP contribution in [0.15, 0.2) is 60.7 Å². The normalized spacial score (nSPS) is 21.0. The molecule has 1 saturated carbocycles. The van der Waals surface area contributed by atoms with Crippen LogP contribution < -0.4 is 11.1 Å². The van der Waals surface area contributed by atoms with Gasteiger partial charge in [0.25, 0.3) is 0 Å². The first-order chi connectivity index (χ1) is 11.1. The zero-order valence-corrected chi connectivity index (χ0v) is 12.8. The number of amides is 2. The van der Waals surface area contributed by atoms with Crippen molar-refractivity contribution in [1.82, 2.24) is 5.32 Å². The minimum atomic E-state index is -0.764. The number of hydrogen-bond acceptors (Lipinski definition) is 2. The van der Waals surface area contributed by atoms with Gasteiger partial charge in [0.05, 0.1) is 0 Å². The highest BCUT2D eigenvalue weighted by atomic mass is 16.2. The molecule has 0 unspecified atom stereocenters. The van der Waals surface area contributed by atoms with Crippen LogP contribution in [-0.2, 0) is 9.59 Å². The van der Waals surface area contributed by atoms with E-state index in [1.165, 1.54) is 5.56 Å². The number of carbonyl (C=O) groups excluding carboxylic acids is 2. The second-order valence-electron chi connectivity index (χ2n) is 6.03. The number of nitrogens with two attached hydrogens (primary N) is 1. The maximum Gasteiger partial charge on any atom is 0.244 e. The molecule has 23 heavy (non-hydrogen) atoms. The molecular weight excluding hydrogens is 288 g/mol. The zero-order chi connectivity index (χ0) is 16.2. The fourth-order valence-corrected chi connectivity index (χ4v) is 3.05. The van der Waals surface area contributed by atoms with Crippen LogP contribution >= 0.6 is 0 Å². The lowest BCUT2D eigenvalue weighted by Crippen LogP contribution is -2.43. The first-order valence-electron chi connectivity index (χ1n) is 7.84. The van der Waals surface area contributed by atoms with E-state index >= 15 is 0 Å². The monoisotopic (exact) mass is 308 g/mol. The lowest BCUT2D eigenvalue weighted by Gasteiger charge is -2.35. The van der Waals surface area contributed by atoms with E-state index in [0.717, 1.165) is 12.8 Å². The third kappa shape index (κ3) is 3.42. The highest BCUT2D eigenvalue weighted by Gasteiger charge is 2.36. The second-order valence-corrected chi connectivity index (χ2v) is 6.03. The van der Waals surface area contributed by atoms with E-state index in [1.807, 2.05) is 36.4 Å². The Morgan fingerprint density at radius 2 is 1.52 bits per heavy atom. The molecule has 118 valence electrons. The molecule has 4 nitrogen and oxygen atoms in total. The Bertz CT molecular complexity index is 679. The minimum absolute atomic E-state index is 0.0502. The van der Waals surface area contributed by atoms with E-state index in [0.29, 0.717) is 11.5 Å². The summed E-state index contributed by atoms with van der Waals surface area (Å²) in [5.41, 5.74) is 7.43. The van der Waals surface area contributed by atoms with Gasteiger partial charge < -0.3 is 11.1 Å². The van der Waals surface area contributed by atoms with Crippen molar-refractivity contribution in [3.8, 4) is 0 Å². The minimum Gasteiger partial charge on any atom is -0.368 e. The Balaban J connectivity index is 1.60. The number of carbonyl (C=O) groups is 2. The summed E-state index contributed by atoms with van der Waals surface area (Å²) in [5, 5.41) is 2.79. The van der Waals surface area contributed by atoms with Gasteiger partial charge in [0.15, 0.2) is 0 Å². The van der Waals surface area contributed by atoms with Crippen LogP contribution in [0.1, 0.15) is 35.9 Å². The number of nitrogens with one attached hydrogen (secondary N) is 1. The van der Waals surface area contributed by atoms with Crippen LogP contribution in [0.3, 0.4) is 0 Å². The molecule has 0 radical (unpaired) electrons. The molecule has 1 aliphatic rings. The van der Waals surface area contributed by atoms with Gasteiger partial charge >= 0.3 is 0 Å². The van der Waals surface area contributed by atoms with Crippen molar-refractivity contribution in [2.75, 3.05) is 0 Å². The third-order valence-corrected chi connectivity index (χ3v) is 4.48. The predicted molar refractivity (Wildman–Crippen MR) is 88.4 cm³/mol. The summed E-state index contributed by atoms with van der Waals surface area (Å²) in [6.07, 6.45) is 1.63. The lowest BCUT2D eigenvalue weighted by atomic mass is 9.71. The van der Waals surface area contributed by atoms with Gasteiger partial charge in [-0.3, -0.25) is 9.59 Å². The summed E-state index contributed by atoms with van der Waals surface area (Å²) >= 11 is 0. The summed E-state index contributed by atoms with van der Waals surface area (Å²) in [7, 11) is 0. The van der Waals surface area contributed by atoms with Crippen molar-refractivity contribution >= 4 is 11.8 Å². The van der Waals surface area contributed by atoms with E-state index in [-0.39, 0.29) is 11.8 Å². The maximum atomic E-state index is 12.4. The van der Waals surface area contributed by atoms with Crippen LogP contribution in [-0.4, -0.2) is 11.8 Å². The first kappa shape index (κ1) is 15.3. The van der Waals surface area contributed by atoms with Crippen LogP contribution in [0.2, 0.25) is 0 Å². The van der Waals surface area contributed by atoms with E-state index in [4.69, 9.17) is 5.73 Å². The van der Waals surface area contributed by atoms with Crippen LogP contribution in [0.5, 0.6) is 0 Å². The number of hydrogen-bond donors (Lipinski definition) is 2. The fraction of sp³-hybridized carbons (Fsp3) is 0.263. The van der Waals surface area contributed by atoms with Crippen molar-refractivity contribution in [2.45, 2.75) is 24.8 Å². The predicted octanol–water partition coefficient (Wildman–Crippen LogP) is 2.52. The van der Waals surface area contributed by atoms with Crippen LogP contribution in [0.25, 0.3) is 0 Å². The van der Waals surface area contributed by atoms with Crippen molar-refractivity contribution in [3.05, 3.63) is 71.8 Å². The topological polar surface area (TPSA) is 72.2 Å².